The minimum atomic E-state index is -0.366. The van der Waals surface area contributed by atoms with Crippen molar-refractivity contribution in [3.05, 3.63) is 0 Å². The second kappa shape index (κ2) is 5.69. The van der Waals surface area contributed by atoms with Gasteiger partial charge in [0.15, 0.2) is 6.10 Å². The van der Waals surface area contributed by atoms with E-state index in [1.807, 2.05) is 19.0 Å². The number of carbonyl (C=O) groups is 2. The van der Waals surface area contributed by atoms with Gasteiger partial charge in [0, 0.05) is 13.6 Å². The van der Waals surface area contributed by atoms with Gasteiger partial charge in [-0.2, -0.15) is 0 Å². The Balaban J connectivity index is 2.15. The summed E-state index contributed by atoms with van der Waals surface area (Å²) in [5.41, 5.74) is 0. The number of ether oxygens (including phenoxy) is 2. The Hall–Kier alpha value is -1.30. The molecule has 0 unspecified atom stereocenters. The van der Waals surface area contributed by atoms with Crippen molar-refractivity contribution >= 4 is 12.1 Å². The second-order valence-electron chi connectivity index (χ2n) is 4.12. The van der Waals surface area contributed by atoms with E-state index in [1.54, 1.807) is 7.05 Å². The molecular formula is C10H18N2O4. The quantitative estimate of drug-likeness (QED) is 0.619. The summed E-state index contributed by atoms with van der Waals surface area (Å²) in [5.74, 6) is -0.265. The van der Waals surface area contributed by atoms with Crippen LogP contribution in [0.2, 0.25) is 0 Å². The molecule has 0 aromatic heterocycles. The maximum absolute atomic E-state index is 11.3. The normalized spacial score (nSPS) is 20.1. The molecule has 1 heterocycles. The Labute approximate surface area is 95.1 Å². The first-order valence-corrected chi connectivity index (χ1v) is 5.21. The summed E-state index contributed by atoms with van der Waals surface area (Å²) in [6, 6.07) is 0. The van der Waals surface area contributed by atoms with Crippen LogP contribution in [0.5, 0.6) is 0 Å². The Bertz CT molecular complexity index is 268. The van der Waals surface area contributed by atoms with Crippen LogP contribution in [0.3, 0.4) is 0 Å². The van der Waals surface area contributed by atoms with Gasteiger partial charge < -0.3 is 19.3 Å². The highest BCUT2D eigenvalue weighted by Gasteiger charge is 2.29. The SMILES string of the molecule is CN(C)CCC(=O)OC[C@H]1CN(C)C(=O)O1. The van der Waals surface area contributed by atoms with E-state index in [9.17, 15) is 9.59 Å². The van der Waals surface area contributed by atoms with Crippen LogP contribution >= 0.6 is 0 Å². The maximum Gasteiger partial charge on any atom is 0.410 e. The molecule has 92 valence electrons. The molecule has 0 saturated carbocycles. The van der Waals surface area contributed by atoms with Gasteiger partial charge >= 0.3 is 12.1 Å². The van der Waals surface area contributed by atoms with Crippen molar-refractivity contribution in [2.75, 3.05) is 40.8 Å². The minimum absolute atomic E-state index is 0.141. The number of amides is 1. The summed E-state index contributed by atoms with van der Waals surface area (Å²) in [7, 11) is 5.43. The maximum atomic E-state index is 11.3. The number of hydrogen-bond donors (Lipinski definition) is 0. The summed E-state index contributed by atoms with van der Waals surface area (Å²) in [4.78, 5) is 25.6. The van der Waals surface area contributed by atoms with Crippen molar-refractivity contribution < 1.29 is 19.1 Å². The molecule has 6 nitrogen and oxygen atoms in total. The highest BCUT2D eigenvalue weighted by atomic mass is 16.6. The fourth-order valence-corrected chi connectivity index (χ4v) is 1.31. The Kier molecular flexibility index (Phi) is 4.54. The fraction of sp³-hybridized carbons (Fsp3) is 0.800. The van der Waals surface area contributed by atoms with Crippen molar-refractivity contribution in [2.24, 2.45) is 0 Å². The van der Waals surface area contributed by atoms with Crippen molar-refractivity contribution in [1.29, 1.82) is 0 Å². The first-order valence-electron chi connectivity index (χ1n) is 5.21. The number of likely N-dealkylation sites (N-methyl/N-ethyl adjacent to an activating group) is 1. The Morgan fingerprint density at radius 3 is 2.81 bits per heavy atom. The summed E-state index contributed by atoms with van der Waals surface area (Å²) in [6.45, 7) is 1.27. The molecule has 1 atom stereocenters. The lowest BCUT2D eigenvalue weighted by Gasteiger charge is -2.11. The molecule has 0 N–H and O–H groups in total. The average Bonchev–Trinajstić information content (AvgIpc) is 2.52. The zero-order chi connectivity index (χ0) is 12.1. The molecule has 0 aliphatic carbocycles. The van der Waals surface area contributed by atoms with Crippen LogP contribution in [0.4, 0.5) is 4.79 Å². The molecule has 6 heteroatoms. The molecule has 0 bridgehead atoms. The van der Waals surface area contributed by atoms with Crippen LogP contribution < -0.4 is 0 Å². The van der Waals surface area contributed by atoms with Gasteiger partial charge in [-0.3, -0.25) is 4.79 Å². The molecule has 0 aromatic carbocycles. The zero-order valence-corrected chi connectivity index (χ0v) is 9.93. The van der Waals surface area contributed by atoms with Crippen LogP contribution in [0.15, 0.2) is 0 Å². The van der Waals surface area contributed by atoms with Crippen LogP contribution in [0.1, 0.15) is 6.42 Å². The molecule has 1 fully saturated rings. The fourth-order valence-electron chi connectivity index (χ4n) is 1.31. The Morgan fingerprint density at radius 2 is 2.31 bits per heavy atom. The first-order chi connectivity index (χ1) is 7.49. The van der Waals surface area contributed by atoms with Crippen LogP contribution in [-0.2, 0) is 14.3 Å². The number of hydrogen-bond acceptors (Lipinski definition) is 5. The van der Waals surface area contributed by atoms with Crippen molar-refractivity contribution in [2.45, 2.75) is 12.5 Å². The smallest absolute Gasteiger partial charge is 0.410 e. The van der Waals surface area contributed by atoms with E-state index in [0.29, 0.717) is 19.5 Å². The monoisotopic (exact) mass is 230 g/mol. The van der Waals surface area contributed by atoms with Gasteiger partial charge in [-0.1, -0.05) is 0 Å². The number of nitrogens with zero attached hydrogens (tertiary/aromatic N) is 2. The molecule has 0 radical (unpaired) electrons. The van der Waals surface area contributed by atoms with E-state index in [2.05, 4.69) is 0 Å². The van der Waals surface area contributed by atoms with Crippen LogP contribution in [0, 0.1) is 0 Å². The van der Waals surface area contributed by atoms with Gasteiger partial charge in [0.25, 0.3) is 0 Å². The van der Waals surface area contributed by atoms with Crippen molar-refractivity contribution in [1.82, 2.24) is 9.80 Å². The predicted molar refractivity (Wildman–Crippen MR) is 57.0 cm³/mol. The third-order valence-corrected chi connectivity index (χ3v) is 2.25. The molecule has 0 aromatic rings. The lowest BCUT2D eigenvalue weighted by atomic mass is 10.3. The summed E-state index contributed by atoms with van der Waals surface area (Å²) in [5, 5.41) is 0. The largest absolute Gasteiger partial charge is 0.462 e. The minimum Gasteiger partial charge on any atom is -0.462 e. The van der Waals surface area contributed by atoms with Crippen LogP contribution in [0.25, 0.3) is 0 Å². The van der Waals surface area contributed by atoms with E-state index in [4.69, 9.17) is 9.47 Å². The topological polar surface area (TPSA) is 59.1 Å². The van der Waals surface area contributed by atoms with Crippen LogP contribution in [-0.4, -0.2) is 68.8 Å². The lowest BCUT2D eigenvalue weighted by molar-refractivity contribution is -0.146. The average molecular weight is 230 g/mol. The molecule has 16 heavy (non-hydrogen) atoms. The lowest BCUT2D eigenvalue weighted by Crippen LogP contribution is -2.25. The predicted octanol–water partition coefficient (Wildman–Crippen LogP) is -0.0681. The third kappa shape index (κ3) is 4.06. The van der Waals surface area contributed by atoms with E-state index in [0.717, 1.165) is 0 Å². The first kappa shape index (κ1) is 12.8. The molecule has 1 saturated heterocycles. The molecular weight excluding hydrogens is 212 g/mol. The number of esters is 1. The number of rotatable bonds is 5. The van der Waals surface area contributed by atoms with Gasteiger partial charge in [0.1, 0.15) is 6.61 Å². The van der Waals surface area contributed by atoms with Gasteiger partial charge in [0.05, 0.1) is 13.0 Å². The second-order valence-corrected chi connectivity index (χ2v) is 4.12. The molecule has 1 rings (SSSR count). The highest BCUT2D eigenvalue weighted by molar-refractivity contribution is 5.70. The molecule has 1 aliphatic heterocycles. The standard InChI is InChI=1S/C10H18N2O4/c1-11(2)5-4-9(13)15-7-8-6-12(3)10(14)16-8/h8H,4-7H2,1-3H3/t8-/m1/s1. The molecule has 1 amide bonds. The Morgan fingerprint density at radius 1 is 1.62 bits per heavy atom. The van der Waals surface area contributed by atoms with E-state index in [-0.39, 0.29) is 24.8 Å². The van der Waals surface area contributed by atoms with Gasteiger partial charge in [0.2, 0.25) is 0 Å². The van der Waals surface area contributed by atoms with E-state index in [1.165, 1.54) is 4.90 Å². The van der Waals surface area contributed by atoms with E-state index >= 15 is 0 Å². The van der Waals surface area contributed by atoms with E-state index < -0.39 is 0 Å². The zero-order valence-electron chi connectivity index (χ0n) is 9.93. The number of cyclic esters (lactones) is 1. The van der Waals surface area contributed by atoms with Gasteiger partial charge in [-0.05, 0) is 14.1 Å². The van der Waals surface area contributed by atoms with Gasteiger partial charge in [-0.15, -0.1) is 0 Å². The number of carbonyl (C=O) groups excluding carboxylic acids is 2. The third-order valence-electron chi connectivity index (χ3n) is 2.25. The highest BCUT2D eigenvalue weighted by Crippen LogP contribution is 2.09. The molecule has 0 spiro atoms. The summed E-state index contributed by atoms with van der Waals surface area (Å²) in [6.07, 6.45) is -0.348. The van der Waals surface area contributed by atoms with Crippen molar-refractivity contribution in [3.8, 4) is 0 Å². The van der Waals surface area contributed by atoms with Gasteiger partial charge in [-0.25, -0.2) is 4.79 Å². The van der Waals surface area contributed by atoms with Crippen molar-refractivity contribution in [3.63, 3.8) is 0 Å². The summed E-state index contributed by atoms with van der Waals surface area (Å²) < 4.78 is 9.95. The summed E-state index contributed by atoms with van der Waals surface area (Å²) >= 11 is 0. The molecule has 1 aliphatic rings.